The molecule has 11 heteroatoms. The lowest BCUT2D eigenvalue weighted by molar-refractivity contribution is -0.137. The number of esters is 1. The summed E-state index contributed by atoms with van der Waals surface area (Å²) in [5, 5.41) is 3.15. The number of rotatable bonds is 9. The maximum Gasteiger partial charge on any atom is 0.330 e. The van der Waals surface area contributed by atoms with E-state index in [9.17, 15) is 19.2 Å². The third-order valence-corrected chi connectivity index (χ3v) is 7.21. The predicted molar refractivity (Wildman–Crippen MR) is 152 cm³/mol. The van der Waals surface area contributed by atoms with Gasteiger partial charge in [0.1, 0.15) is 5.92 Å². The van der Waals surface area contributed by atoms with E-state index < -0.39 is 41.2 Å². The topological polar surface area (TPSA) is 92.8 Å². The van der Waals surface area contributed by atoms with Gasteiger partial charge in [-0.3, -0.25) is 19.3 Å². The minimum Gasteiger partial charge on any atom is -0.463 e. The summed E-state index contributed by atoms with van der Waals surface area (Å²) in [5.74, 6) is -5.62. The number of carbonyl (C=O) groups excluding carboxylic acids is 4. The Kier molecular flexibility index (Phi) is 9.25. The van der Waals surface area contributed by atoms with Crippen molar-refractivity contribution in [3.8, 4) is 0 Å². The van der Waals surface area contributed by atoms with E-state index in [-0.39, 0.29) is 39.5 Å². The molecule has 1 amide bonds. The second kappa shape index (κ2) is 12.6. The third kappa shape index (κ3) is 6.04. The van der Waals surface area contributed by atoms with Gasteiger partial charge in [-0.1, -0.05) is 65.1 Å². The number of amides is 1. The van der Waals surface area contributed by atoms with Crippen molar-refractivity contribution in [2.45, 2.75) is 13.0 Å². The number of ketones is 2. The lowest BCUT2D eigenvalue weighted by Crippen LogP contribution is -2.31. The molecule has 2 unspecified atom stereocenters. The zero-order valence-corrected chi connectivity index (χ0v) is 23.3. The van der Waals surface area contributed by atoms with Gasteiger partial charge >= 0.3 is 5.97 Å². The number of benzene rings is 3. The highest BCUT2D eigenvalue weighted by Gasteiger charge is 2.53. The average molecular weight is 604 g/mol. The Bertz CT molecular complexity index is 1530. The van der Waals surface area contributed by atoms with E-state index in [0.29, 0.717) is 11.3 Å². The molecular formula is C29H22Cl3FN2O5. The van der Waals surface area contributed by atoms with Crippen LogP contribution in [0.25, 0.3) is 0 Å². The summed E-state index contributed by atoms with van der Waals surface area (Å²) < 4.78 is 19.9. The first-order valence-corrected chi connectivity index (χ1v) is 13.2. The molecule has 7 nitrogen and oxygen atoms in total. The monoisotopic (exact) mass is 602 g/mol. The van der Waals surface area contributed by atoms with Crippen molar-refractivity contribution in [3.05, 3.63) is 105 Å². The first kappa shape index (κ1) is 29.3. The Morgan fingerprint density at radius 1 is 1.00 bits per heavy atom. The summed E-state index contributed by atoms with van der Waals surface area (Å²) in [4.78, 5) is 52.9. The molecule has 1 aliphatic heterocycles. The highest BCUT2D eigenvalue weighted by Crippen LogP contribution is 2.44. The van der Waals surface area contributed by atoms with Crippen LogP contribution in [0.1, 0.15) is 28.9 Å². The van der Waals surface area contributed by atoms with E-state index in [2.05, 4.69) is 5.32 Å². The zero-order chi connectivity index (χ0) is 29.0. The van der Waals surface area contributed by atoms with E-state index in [1.807, 2.05) is 0 Å². The normalized spacial score (nSPS) is 17.0. The van der Waals surface area contributed by atoms with Crippen molar-refractivity contribution in [1.82, 2.24) is 0 Å². The van der Waals surface area contributed by atoms with E-state index >= 15 is 4.39 Å². The fourth-order valence-corrected chi connectivity index (χ4v) is 4.87. The van der Waals surface area contributed by atoms with Gasteiger partial charge < -0.3 is 10.1 Å². The van der Waals surface area contributed by atoms with Crippen LogP contribution in [0.5, 0.6) is 0 Å². The third-order valence-electron chi connectivity index (χ3n) is 6.18. The van der Waals surface area contributed by atoms with E-state index in [1.54, 1.807) is 25.1 Å². The molecule has 40 heavy (non-hydrogen) atoms. The van der Waals surface area contributed by atoms with Gasteiger partial charge in [0.15, 0.2) is 11.6 Å². The van der Waals surface area contributed by atoms with Gasteiger partial charge in [-0.05, 0) is 48.9 Å². The van der Waals surface area contributed by atoms with E-state index in [0.717, 1.165) is 4.90 Å². The van der Waals surface area contributed by atoms with Crippen molar-refractivity contribution in [1.29, 1.82) is 0 Å². The molecular weight excluding hydrogens is 582 g/mol. The fraction of sp³-hybridized carbons (Fsp3) is 0.172. The van der Waals surface area contributed by atoms with Crippen LogP contribution in [0, 0.1) is 11.7 Å². The molecule has 1 saturated heterocycles. The Morgan fingerprint density at radius 3 is 2.48 bits per heavy atom. The van der Waals surface area contributed by atoms with Crippen LogP contribution >= 0.6 is 34.8 Å². The molecule has 0 aromatic heterocycles. The van der Waals surface area contributed by atoms with Crippen LogP contribution in [0.15, 0.2) is 72.8 Å². The van der Waals surface area contributed by atoms with E-state index in [4.69, 9.17) is 39.5 Å². The number of nitrogens with one attached hydrogen (secondary N) is 1. The van der Waals surface area contributed by atoms with Crippen LogP contribution in [0.2, 0.25) is 15.1 Å². The highest BCUT2D eigenvalue weighted by molar-refractivity contribution is 6.49. The summed E-state index contributed by atoms with van der Waals surface area (Å²) in [6.45, 7) is 2.21. The molecule has 1 aliphatic rings. The highest BCUT2D eigenvalue weighted by atomic mass is 35.5. The van der Waals surface area contributed by atoms with E-state index in [1.165, 1.54) is 54.6 Å². The standard InChI is InChI=1S/C29H22Cl3FN2O5/c1-2-40-23(36)10-5-13-34-18-7-3-6-17(14-18)27(37)24-26(16-11-12-19(30)21(32)15-16)35(29(39)28(24)38)22-9-4-8-20(31)25(22)33/h3-12,14-15,24,26,34H,2,13H2,1H3. The first-order valence-electron chi connectivity index (χ1n) is 12.1. The molecule has 1 heterocycles. The maximum atomic E-state index is 15.1. The predicted octanol–water partition coefficient (Wildman–Crippen LogP) is 6.47. The summed E-state index contributed by atoms with van der Waals surface area (Å²) >= 11 is 18.3. The van der Waals surface area contributed by atoms with Crippen LogP contribution in [-0.2, 0) is 19.1 Å². The number of nitrogens with zero attached hydrogens (tertiary/aromatic N) is 1. The first-order chi connectivity index (χ1) is 19.1. The largest absolute Gasteiger partial charge is 0.463 e. The Balaban J connectivity index is 1.71. The fourth-order valence-electron chi connectivity index (χ4n) is 4.39. The number of hydrogen-bond acceptors (Lipinski definition) is 6. The molecule has 4 rings (SSSR count). The molecule has 3 aromatic carbocycles. The Morgan fingerprint density at radius 2 is 1.75 bits per heavy atom. The SMILES string of the molecule is CCOC(=O)C=CCNc1cccc(C(=O)C2C(=O)C(=O)N(c3cccc(Cl)c3F)C2c2ccc(Cl)c(Cl)c2)c1. The van der Waals surface area contributed by atoms with Gasteiger partial charge in [0, 0.05) is 23.9 Å². The molecule has 2 atom stereocenters. The summed E-state index contributed by atoms with van der Waals surface area (Å²) in [6.07, 6.45) is 2.84. The van der Waals surface area contributed by atoms with Gasteiger partial charge in [0.25, 0.3) is 5.91 Å². The van der Waals surface area contributed by atoms with Crippen molar-refractivity contribution in [2.75, 3.05) is 23.4 Å². The Hall–Kier alpha value is -3.72. The quantitative estimate of drug-likeness (QED) is 0.0991. The van der Waals surface area contributed by atoms with Crippen molar-refractivity contribution >= 4 is 69.6 Å². The van der Waals surface area contributed by atoms with Crippen LogP contribution < -0.4 is 10.2 Å². The Labute approximate surface area is 244 Å². The molecule has 206 valence electrons. The summed E-state index contributed by atoms with van der Waals surface area (Å²) in [6, 6.07) is 13.6. The van der Waals surface area contributed by atoms with Gasteiger partial charge in [-0.15, -0.1) is 0 Å². The molecule has 3 aromatic rings. The second-order valence-electron chi connectivity index (χ2n) is 8.69. The smallest absolute Gasteiger partial charge is 0.330 e. The van der Waals surface area contributed by atoms with Gasteiger partial charge in [0.2, 0.25) is 5.78 Å². The van der Waals surface area contributed by atoms with Crippen LogP contribution in [0.4, 0.5) is 15.8 Å². The second-order valence-corrected chi connectivity index (χ2v) is 9.91. The number of halogens is 4. The molecule has 0 radical (unpaired) electrons. The lowest BCUT2D eigenvalue weighted by atomic mass is 9.86. The maximum absolute atomic E-state index is 15.1. The van der Waals surface area contributed by atoms with Crippen molar-refractivity contribution in [2.24, 2.45) is 5.92 Å². The number of anilines is 2. The van der Waals surface area contributed by atoms with Crippen LogP contribution in [0.3, 0.4) is 0 Å². The summed E-state index contributed by atoms with van der Waals surface area (Å²) in [5.41, 5.74) is 0.731. The molecule has 0 bridgehead atoms. The molecule has 1 fully saturated rings. The van der Waals surface area contributed by atoms with Crippen LogP contribution in [-0.4, -0.2) is 36.6 Å². The molecule has 0 spiro atoms. The average Bonchev–Trinajstić information content (AvgIpc) is 3.19. The number of ether oxygens (including phenoxy) is 1. The number of Topliss-reactive ketones (excluding diaryl/α,β-unsaturated/α-hetero) is 2. The van der Waals surface area contributed by atoms with Gasteiger partial charge in [-0.25, -0.2) is 9.18 Å². The number of carbonyl (C=O) groups is 4. The molecule has 0 aliphatic carbocycles. The zero-order valence-electron chi connectivity index (χ0n) is 21.0. The molecule has 0 saturated carbocycles. The minimum atomic E-state index is -1.51. The lowest BCUT2D eigenvalue weighted by Gasteiger charge is -2.28. The molecule has 1 N–H and O–H groups in total. The van der Waals surface area contributed by atoms with Crippen molar-refractivity contribution in [3.63, 3.8) is 0 Å². The number of hydrogen-bond donors (Lipinski definition) is 1. The van der Waals surface area contributed by atoms with Gasteiger partial charge in [-0.2, -0.15) is 0 Å². The minimum absolute atomic E-state index is 0.130. The summed E-state index contributed by atoms with van der Waals surface area (Å²) in [7, 11) is 0. The van der Waals surface area contributed by atoms with Gasteiger partial charge in [0.05, 0.1) is 33.4 Å². The van der Waals surface area contributed by atoms with Crippen molar-refractivity contribution < 1.29 is 28.3 Å².